The van der Waals surface area contributed by atoms with Crippen LogP contribution in [0.3, 0.4) is 0 Å². The van der Waals surface area contributed by atoms with E-state index in [1.807, 2.05) is 18.2 Å². The van der Waals surface area contributed by atoms with Crippen molar-refractivity contribution in [2.75, 3.05) is 28.6 Å². The molecule has 3 heterocycles. The van der Waals surface area contributed by atoms with E-state index in [0.29, 0.717) is 22.9 Å². The molecule has 34 heavy (non-hydrogen) atoms. The molecule has 1 aliphatic heterocycles. The molecule has 0 radical (unpaired) electrons. The topological polar surface area (TPSA) is 95.2 Å². The van der Waals surface area contributed by atoms with Crippen LogP contribution in [0.2, 0.25) is 0 Å². The van der Waals surface area contributed by atoms with E-state index in [9.17, 15) is 9.18 Å². The molecule has 2 aromatic carbocycles. The number of amides is 2. The summed E-state index contributed by atoms with van der Waals surface area (Å²) in [5.41, 5.74) is 3.25. The molecule has 0 unspecified atom stereocenters. The first-order chi connectivity index (χ1) is 16.6. The Labute approximate surface area is 195 Å². The summed E-state index contributed by atoms with van der Waals surface area (Å²) >= 11 is 0. The molecule has 9 heteroatoms. The number of carbonyl (C=O) groups excluding carboxylic acids is 1. The highest BCUT2D eigenvalue weighted by Gasteiger charge is 2.14. The summed E-state index contributed by atoms with van der Waals surface area (Å²) in [6.45, 7) is 2.03. The molecule has 172 valence electrons. The summed E-state index contributed by atoms with van der Waals surface area (Å²) in [7, 11) is 0. The number of aromatic nitrogens is 3. The molecule has 1 fully saturated rings. The summed E-state index contributed by atoms with van der Waals surface area (Å²) in [6.07, 6.45) is 7.32. The third-order valence-corrected chi connectivity index (χ3v) is 5.53. The maximum absolute atomic E-state index is 14.7. The van der Waals surface area contributed by atoms with Gasteiger partial charge in [-0.2, -0.15) is 5.10 Å². The van der Waals surface area contributed by atoms with Crippen LogP contribution in [0.5, 0.6) is 11.5 Å². The highest BCUT2D eigenvalue weighted by atomic mass is 19.1. The van der Waals surface area contributed by atoms with Crippen molar-refractivity contribution in [3.8, 4) is 22.8 Å². The lowest BCUT2D eigenvalue weighted by atomic mass is 10.2. The van der Waals surface area contributed by atoms with E-state index in [2.05, 4.69) is 30.7 Å². The average molecular weight is 458 g/mol. The number of pyridine rings is 1. The Hall–Kier alpha value is -4.40. The molecule has 1 aliphatic rings. The van der Waals surface area contributed by atoms with Crippen LogP contribution in [-0.4, -0.2) is 34.3 Å². The fourth-order valence-electron chi connectivity index (χ4n) is 3.86. The van der Waals surface area contributed by atoms with Crippen molar-refractivity contribution in [3.05, 3.63) is 79.0 Å². The van der Waals surface area contributed by atoms with Gasteiger partial charge >= 0.3 is 6.03 Å². The molecule has 3 N–H and O–H groups in total. The summed E-state index contributed by atoms with van der Waals surface area (Å²) in [5, 5.41) is 12.0. The maximum atomic E-state index is 14.7. The van der Waals surface area contributed by atoms with E-state index in [-0.39, 0.29) is 5.69 Å². The van der Waals surface area contributed by atoms with Crippen molar-refractivity contribution >= 4 is 23.1 Å². The van der Waals surface area contributed by atoms with E-state index in [1.165, 1.54) is 25.0 Å². The lowest BCUT2D eigenvalue weighted by Crippen LogP contribution is -2.21. The van der Waals surface area contributed by atoms with Crippen molar-refractivity contribution in [1.29, 1.82) is 0 Å². The third-order valence-electron chi connectivity index (χ3n) is 5.53. The summed E-state index contributed by atoms with van der Waals surface area (Å²) < 4.78 is 20.4. The van der Waals surface area contributed by atoms with Crippen molar-refractivity contribution in [1.82, 2.24) is 15.2 Å². The minimum Gasteiger partial charge on any atom is -0.457 e. The van der Waals surface area contributed by atoms with Gasteiger partial charge in [0.1, 0.15) is 17.3 Å². The van der Waals surface area contributed by atoms with Gasteiger partial charge in [-0.1, -0.05) is 6.07 Å². The number of halogens is 1. The van der Waals surface area contributed by atoms with Crippen LogP contribution in [0.15, 0.2) is 73.2 Å². The first kappa shape index (κ1) is 21.4. The summed E-state index contributed by atoms with van der Waals surface area (Å²) in [5.74, 6) is 0.190. The Morgan fingerprint density at radius 3 is 2.68 bits per heavy atom. The van der Waals surface area contributed by atoms with E-state index in [4.69, 9.17) is 4.74 Å². The number of hydrogen-bond donors (Lipinski definition) is 3. The number of urea groups is 1. The molecular formula is C25H23FN6O2. The van der Waals surface area contributed by atoms with Gasteiger partial charge in [0.05, 0.1) is 17.6 Å². The van der Waals surface area contributed by atoms with Crippen molar-refractivity contribution < 1.29 is 13.9 Å². The van der Waals surface area contributed by atoms with Gasteiger partial charge in [-0.05, 0) is 49.2 Å². The van der Waals surface area contributed by atoms with Crippen molar-refractivity contribution in [3.63, 3.8) is 0 Å². The summed E-state index contributed by atoms with van der Waals surface area (Å²) in [4.78, 5) is 19.0. The molecule has 2 amide bonds. The molecule has 1 saturated heterocycles. The zero-order valence-electron chi connectivity index (χ0n) is 18.3. The Morgan fingerprint density at radius 1 is 1.03 bits per heavy atom. The quantitative estimate of drug-likeness (QED) is 0.347. The molecule has 0 saturated carbocycles. The Morgan fingerprint density at radius 2 is 1.88 bits per heavy atom. The third kappa shape index (κ3) is 4.98. The van der Waals surface area contributed by atoms with Gasteiger partial charge in [0.2, 0.25) is 0 Å². The van der Waals surface area contributed by atoms with E-state index >= 15 is 0 Å². The number of hydrogen-bond acceptors (Lipinski definition) is 5. The Bertz CT molecular complexity index is 1290. The molecule has 0 atom stereocenters. The Kier molecular flexibility index (Phi) is 6.07. The van der Waals surface area contributed by atoms with E-state index < -0.39 is 11.8 Å². The van der Waals surface area contributed by atoms with Crippen LogP contribution >= 0.6 is 0 Å². The molecule has 2 aromatic heterocycles. The zero-order chi connectivity index (χ0) is 23.3. The molecule has 0 aliphatic carbocycles. The van der Waals surface area contributed by atoms with E-state index in [1.54, 1.807) is 42.9 Å². The molecular weight excluding hydrogens is 435 g/mol. The molecule has 5 rings (SSSR count). The predicted molar refractivity (Wildman–Crippen MR) is 129 cm³/mol. The van der Waals surface area contributed by atoms with Crippen LogP contribution < -0.4 is 20.3 Å². The van der Waals surface area contributed by atoms with Gasteiger partial charge < -0.3 is 20.3 Å². The predicted octanol–water partition coefficient (Wildman–Crippen LogP) is 5.65. The second-order valence-electron chi connectivity index (χ2n) is 7.93. The SMILES string of the molecule is O=C(Nc1cccc(N2CCCC2)c1)Nc1ccc(Oc2ccnc(-c3cn[nH]c3)c2)cc1F. The minimum atomic E-state index is -0.609. The van der Waals surface area contributed by atoms with Crippen LogP contribution in [0.25, 0.3) is 11.3 Å². The van der Waals surface area contributed by atoms with Crippen molar-refractivity contribution in [2.45, 2.75) is 12.8 Å². The second-order valence-corrected chi connectivity index (χ2v) is 7.93. The molecule has 0 spiro atoms. The normalized spacial score (nSPS) is 13.0. The standard InChI is InChI=1S/C25H23FN6O2/c26-22-13-20(34-21-8-9-27-24(14-21)17-15-28-29-16-17)6-7-23(22)31-25(33)30-18-4-3-5-19(12-18)32-10-1-2-11-32/h3-9,12-16H,1-2,10-11H2,(H,28,29)(H2,30,31,33). The van der Waals surface area contributed by atoms with Gasteiger partial charge in [0.25, 0.3) is 0 Å². The first-order valence-electron chi connectivity index (χ1n) is 11.0. The fourth-order valence-corrected chi connectivity index (χ4v) is 3.86. The second kappa shape index (κ2) is 9.62. The minimum absolute atomic E-state index is 0.0503. The number of nitrogens with one attached hydrogen (secondary N) is 3. The lowest BCUT2D eigenvalue weighted by molar-refractivity contribution is 0.262. The van der Waals surface area contributed by atoms with Gasteiger partial charge in [-0.3, -0.25) is 10.1 Å². The highest BCUT2D eigenvalue weighted by Crippen LogP contribution is 2.28. The highest BCUT2D eigenvalue weighted by molar-refractivity contribution is 6.00. The van der Waals surface area contributed by atoms with Gasteiger partial charge in [0.15, 0.2) is 0 Å². The average Bonchev–Trinajstić information content (AvgIpc) is 3.56. The molecule has 0 bridgehead atoms. The number of carbonyl (C=O) groups is 1. The number of anilines is 3. The fraction of sp³-hybridized carbons (Fsp3) is 0.160. The number of H-pyrrole nitrogens is 1. The van der Waals surface area contributed by atoms with Crippen LogP contribution in [0, 0.1) is 5.82 Å². The largest absolute Gasteiger partial charge is 0.457 e. The zero-order valence-corrected chi connectivity index (χ0v) is 18.3. The van der Waals surface area contributed by atoms with Gasteiger partial charge in [0, 0.05) is 54.6 Å². The number of aromatic amines is 1. The van der Waals surface area contributed by atoms with Gasteiger partial charge in [-0.15, -0.1) is 0 Å². The first-order valence-corrected chi connectivity index (χ1v) is 11.0. The molecule has 4 aromatic rings. The smallest absolute Gasteiger partial charge is 0.323 e. The van der Waals surface area contributed by atoms with Crippen LogP contribution in [-0.2, 0) is 0 Å². The lowest BCUT2D eigenvalue weighted by Gasteiger charge is -2.18. The van der Waals surface area contributed by atoms with Crippen LogP contribution in [0.1, 0.15) is 12.8 Å². The number of ether oxygens (including phenoxy) is 1. The molecule has 8 nitrogen and oxygen atoms in total. The van der Waals surface area contributed by atoms with Crippen LogP contribution in [0.4, 0.5) is 26.2 Å². The maximum Gasteiger partial charge on any atom is 0.323 e. The van der Waals surface area contributed by atoms with E-state index in [0.717, 1.165) is 24.3 Å². The number of benzene rings is 2. The summed E-state index contributed by atoms with van der Waals surface area (Å²) in [6, 6.07) is 14.8. The van der Waals surface area contributed by atoms with Crippen molar-refractivity contribution in [2.24, 2.45) is 0 Å². The monoisotopic (exact) mass is 458 g/mol. The number of rotatable bonds is 6. The number of nitrogens with zero attached hydrogens (tertiary/aromatic N) is 3. The van der Waals surface area contributed by atoms with Gasteiger partial charge in [-0.25, -0.2) is 9.18 Å². The Balaban J connectivity index is 1.22.